The van der Waals surface area contributed by atoms with Crippen LogP contribution in [0.3, 0.4) is 0 Å². The first-order chi connectivity index (χ1) is 12.5. The number of carbonyl (C=O) groups excluding carboxylic acids is 1. The van der Waals surface area contributed by atoms with E-state index in [4.69, 9.17) is 11.6 Å². The Bertz CT molecular complexity index is 930. The first-order valence-corrected chi connectivity index (χ1v) is 8.32. The van der Waals surface area contributed by atoms with E-state index in [2.05, 4.69) is 15.5 Å². The second-order valence-corrected chi connectivity index (χ2v) is 6.62. The maximum absolute atomic E-state index is 14.8. The highest BCUT2D eigenvalue weighted by Gasteiger charge is 2.43. The van der Waals surface area contributed by atoms with Crippen LogP contribution < -0.4 is 0 Å². The number of carbonyl (C=O) groups is 2. The van der Waals surface area contributed by atoms with Crippen molar-refractivity contribution in [3.05, 3.63) is 40.9 Å². The number of tetrazole rings is 1. The molecule has 4 rings (SSSR count). The summed E-state index contributed by atoms with van der Waals surface area (Å²) in [6.07, 6.45) is 3.86. The minimum absolute atomic E-state index is 0.0811. The van der Waals surface area contributed by atoms with Crippen molar-refractivity contribution < 1.29 is 19.1 Å². The summed E-state index contributed by atoms with van der Waals surface area (Å²) in [5, 5.41) is 20.1. The minimum Gasteiger partial charge on any atom is -0.480 e. The zero-order valence-corrected chi connectivity index (χ0v) is 14.1. The highest BCUT2D eigenvalue weighted by Crippen LogP contribution is 2.39. The van der Waals surface area contributed by atoms with Crippen molar-refractivity contribution >= 4 is 29.1 Å². The van der Waals surface area contributed by atoms with Gasteiger partial charge in [-0.05, 0) is 47.4 Å². The molecule has 2 aromatic rings. The lowest BCUT2D eigenvalue weighted by Crippen LogP contribution is -2.46. The number of rotatable bonds is 3. The van der Waals surface area contributed by atoms with Gasteiger partial charge in [-0.25, -0.2) is 9.18 Å². The normalized spacial score (nSPS) is 22.3. The molecule has 2 aliphatic rings. The van der Waals surface area contributed by atoms with Crippen LogP contribution in [0.15, 0.2) is 24.5 Å². The first-order valence-electron chi connectivity index (χ1n) is 7.94. The summed E-state index contributed by atoms with van der Waals surface area (Å²) in [6, 6.07) is 1.84. The van der Waals surface area contributed by atoms with Crippen LogP contribution in [0.4, 0.5) is 4.39 Å². The van der Waals surface area contributed by atoms with Gasteiger partial charge < -0.3 is 10.0 Å². The molecule has 10 heteroatoms. The lowest BCUT2D eigenvalue weighted by atomic mass is 9.92. The Hall–Kier alpha value is -2.81. The molecule has 0 unspecified atom stereocenters. The number of halogens is 2. The number of hydrogen-bond acceptors (Lipinski definition) is 5. The van der Waals surface area contributed by atoms with Gasteiger partial charge in [-0.1, -0.05) is 11.6 Å². The van der Waals surface area contributed by atoms with E-state index in [0.717, 1.165) is 0 Å². The Labute approximate surface area is 151 Å². The van der Waals surface area contributed by atoms with Crippen molar-refractivity contribution in [2.45, 2.75) is 31.3 Å². The van der Waals surface area contributed by atoms with Gasteiger partial charge >= 0.3 is 5.97 Å². The molecule has 26 heavy (non-hydrogen) atoms. The van der Waals surface area contributed by atoms with Gasteiger partial charge in [0.25, 0.3) is 0 Å². The van der Waals surface area contributed by atoms with Crippen LogP contribution in [-0.4, -0.2) is 54.2 Å². The topological polar surface area (TPSA) is 101 Å². The van der Waals surface area contributed by atoms with Crippen LogP contribution in [-0.2, 0) is 9.59 Å². The third-order valence-electron chi connectivity index (χ3n) is 4.79. The van der Waals surface area contributed by atoms with E-state index in [0.29, 0.717) is 30.5 Å². The molecular weight excluding hydrogens is 365 g/mol. The van der Waals surface area contributed by atoms with Gasteiger partial charge in [-0.15, -0.1) is 5.10 Å². The number of fused-ring (bicyclic) bond motifs is 1. The number of nitrogens with zero attached hydrogens (tertiary/aromatic N) is 5. The van der Waals surface area contributed by atoms with E-state index in [1.54, 1.807) is 6.07 Å². The summed E-state index contributed by atoms with van der Waals surface area (Å²) in [6.45, 7) is 0. The average molecular weight is 378 g/mol. The Morgan fingerprint density at radius 1 is 1.35 bits per heavy atom. The molecule has 8 nitrogen and oxygen atoms in total. The van der Waals surface area contributed by atoms with E-state index in [9.17, 15) is 19.1 Å². The van der Waals surface area contributed by atoms with E-state index in [1.807, 2.05) is 0 Å². The second kappa shape index (κ2) is 6.17. The van der Waals surface area contributed by atoms with Crippen LogP contribution >= 0.6 is 11.6 Å². The standard InChI is InChI=1S/C16H13ClFN5O3/c17-10-2-4-11(22-7-19-20-21-22)14(15(10)18)8-5-9-1-3-12(16(25)26)23(9)13(24)6-8/h2,4,6-7,9,12H,1,3,5H2,(H,25,26)/t9-,12-/m0/s1. The van der Waals surface area contributed by atoms with Crippen LogP contribution in [0.2, 0.25) is 5.02 Å². The molecule has 0 aliphatic carbocycles. The Morgan fingerprint density at radius 2 is 2.15 bits per heavy atom. The Balaban J connectivity index is 1.81. The first kappa shape index (κ1) is 16.6. The molecule has 0 bridgehead atoms. The lowest BCUT2D eigenvalue weighted by molar-refractivity contribution is -0.147. The van der Waals surface area contributed by atoms with Crippen molar-refractivity contribution in [3.8, 4) is 5.69 Å². The minimum atomic E-state index is -1.03. The summed E-state index contributed by atoms with van der Waals surface area (Å²) < 4.78 is 16.1. The molecule has 134 valence electrons. The van der Waals surface area contributed by atoms with Crippen LogP contribution in [0.25, 0.3) is 11.3 Å². The third-order valence-corrected chi connectivity index (χ3v) is 5.08. The number of benzene rings is 1. The number of amides is 1. The molecule has 2 atom stereocenters. The molecule has 1 aromatic carbocycles. The van der Waals surface area contributed by atoms with E-state index < -0.39 is 23.7 Å². The predicted octanol–water partition coefficient (Wildman–Crippen LogP) is 1.69. The van der Waals surface area contributed by atoms with Crippen molar-refractivity contribution in [2.75, 3.05) is 0 Å². The number of aliphatic carboxylic acids is 1. The average Bonchev–Trinajstić information content (AvgIpc) is 3.26. The zero-order valence-electron chi connectivity index (χ0n) is 13.3. The maximum Gasteiger partial charge on any atom is 0.326 e. The Kier molecular flexibility index (Phi) is 3.95. The molecule has 0 spiro atoms. The van der Waals surface area contributed by atoms with E-state index >= 15 is 0 Å². The summed E-state index contributed by atoms with van der Waals surface area (Å²) in [5.74, 6) is -2.14. The van der Waals surface area contributed by atoms with Crippen molar-refractivity contribution in [1.82, 2.24) is 25.1 Å². The maximum atomic E-state index is 14.8. The number of carboxylic acid groups (broad SMARTS) is 1. The third kappa shape index (κ3) is 2.55. The predicted molar refractivity (Wildman–Crippen MR) is 88.0 cm³/mol. The van der Waals surface area contributed by atoms with E-state index in [1.165, 1.54) is 28.1 Å². The van der Waals surface area contributed by atoms with Crippen molar-refractivity contribution in [1.29, 1.82) is 0 Å². The fraction of sp³-hybridized carbons (Fsp3) is 0.312. The molecule has 3 heterocycles. The number of carboxylic acids is 1. The van der Waals surface area contributed by atoms with E-state index in [-0.39, 0.29) is 16.6 Å². The van der Waals surface area contributed by atoms with Crippen LogP contribution in [0.1, 0.15) is 24.8 Å². The summed E-state index contributed by atoms with van der Waals surface area (Å²) >= 11 is 5.94. The number of hydrogen-bond donors (Lipinski definition) is 1. The Morgan fingerprint density at radius 3 is 2.85 bits per heavy atom. The SMILES string of the molecule is O=C(O)[C@@H]1CC[C@H]2CC(c3c(-n4cnnn4)ccc(Cl)c3F)=CC(=O)N21. The van der Waals surface area contributed by atoms with Gasteiger partial charge in [0.1, 0.15) is 12.4 Å². The van der Waals surface area contributed by atoms with Crippen LogP contribution in [0.5, 0.6) is 0 Å². The van der Waals surface area contributed by atoms with Crippen molar-refractivity contribution in [3.63, 3.8) is 0 Å². The van der Waals surface area contributed by atoms with Gasteiger partial charge in [-0.2, -0.15) is 4.68 Å². The highest BCUT2D eigenvalue weighted by molar-refractivity contribution is 6.31. The molecule has 0 radical (unpaired) electrons. The van der Waals surface area contributed by atoms with Crippen molar-refractivity contribution in [2.24, 2.45) is 0 Å². The second-order valence-electron chi connectivity index (χ2n) is 6.21. The molecule has 1 fully saturated rings. The van der Waals surface area contributed by atoms with Crippen LogP contribution in [0, 0.1) is 5.82 Å². The zero-order chi connectivity index (χ0) is 18.4. The molecule has 2 aliphatic heterocycles. The lowest BCUT2D eigenvalue weighted by Gasteiger charge is -2.32. The summed E-state index contributed by atoms with van der Waals surface area (Å²) in [5.41, 5.74) is 0.960. The summed E-state index contributed by atoms with van der Waals surface area (Å²) in [7, 11) is 0. The monoisotopic (exact) mass is 377 g/mol. The molecule has 1 saturated heterocycles. The molecule has 1 amide bonds. The highest BCUT2D eigenvalue weighted by atomic mass is 35.5. The largest absolute Gasteiger partial charge is 0.480 e. The number of aromatic nitrogens is 4. The van der Waals surface area contributed by atoms with Gasteiger partial charge in [-0.3, -0.25) is 4.79 Å². The molecule has 1 aromatic heterocycles. The van der Waals surface area contributed by atoms with Gasteiger partial charge in [0.2, 0.25) is 5.91 Å². The quantitative estimate of drug-likeness (QED) is 0.873. The van der Waals surface area contributed by atoms with Gasteiger partial charge in [0, 0.05) is 17.7 Å². The fourth-order valence-corrected chi connectivity index (χ4v) is 3.84. The van der Waals surface area contributed by atoms with Gasteiger partial charge in [0.05, 0.1) is 10.7 Å². The molecule has 0 saturated carbocycles. The molecule has 1 N–H and O–H groups in total. The molecular formula is C16H13ClFN5O3. The van der Waals surface area contributed by atoms with Gasteiger partial charge in [0.15, 0.2) is 5.82 Å². The smallest absolute Gasteiger partial charge is 0.326 e. The summed E-state index contributed by atoms with van der Waals surface area (Å²) in [4.78, 5) is 25.3. The fourth-order valence-electron chi connectivity index (χ4n) is 3.68.